The van der Waals surface area contributed by atoms with Gasteiger partial charge in [0.25, 0.3) is 0 Å². The summed E-state index contributed by atoms with van der Waals surface area (Å²) in [5, 5.41) is 7.08. The summed E-state index contributed by atoms with van der Waals surface area (Å²) in [4.78, 5) is 0. The molecule has 1 aromatic heterocycles. The molecule has 78 valence electrons. The van der Waals surface area contributed by atoms with E-state index in [1.807, 2.05) is 6.20 Å². The first kappa shape index (κ1) is 11.0. The third-order valence-corrected chi connectivity index (χ3v) is 2.70. The minimum Gasteiger partial charge on any atom is -0.282 e. The van der Waals surface area contributed by atoms with Crippen LogP contribution in [0.5, 0.6) is 0 Å². The van der Waals surface area contributed by atoms with Gasteiger partial charge in [-0.3, -0.25) is 5.10 Å². The highest BCUT2D eigenvalue weighted by Gasteiger charge is 2.08. The van der Waals surface area contributed by atoms with Gasteiger partial charge in [0, 0.05) is 11.3 Å². The Labute approximate surface area is 86.4 Å². The second-order valence-corrected chi connectivity index (χ2v) is 3.77. The van der Waals surface area contributed by atoms with Crippen molar-refractivity contribution in [1.29, 1.82) is 0 Å². The molecule has 0 fully saturated rings. The Morgan fingerprint density at radius 3 is 2.57 bits per heavy atom. The molecule has 1 rings (SSSR count). The summed E-state index contributed by atoms with van der Waals surface area (Å²) in [5.41, 5.74) is 5.44. The maximum absolute atomic E-state index is 4.08. The molecule has 14 heavy (non-hydrogen) atoms. The highest BCUT2D eigenvalue weighted by molar-refractivity contribution is 5.69. The molecule has 0 aliphatic heterocycles. The minimum absolute atomic E-state index is 1.12. The molecule has 2 nitrogen and oxygen atoms in total. The third kappa shape index (κ3) is 2.25. The lowest BCUT2D eigenvalue weighted by Crippen LogP contribution is -1.90. The maximum Gasteiger partial charge on any atom is 0.0565 e. The standard InChI is InChI=1S/C12H20N2/c1-5-7-11(9(3)6-2)12-8-13-14-10(12)4/h8H,5-7H2,1-4H3,(H,13,14)/b11-9+. The third-order valence-electron chi connectivity index (χ3n) is 2.70. The predicted molar refractivity (Wildman–Crippen MR) is 61.1 cm³/mol. The number of aryl methyl sites for hydroxylation is 1. The number of hydrogen-bond donors (Lipinski definition) is 1. The van der Waals surface area contributed by atoms with Gasteiger partial charge in [0.05, 0.1) is 6.20 Å². The fraction of sp³-hybridized carbons (Fsp3) is 0.583. The molecule has 0 saturated heterocycles. The summed E-state index contributed by atoms with van der Waals surface area (Å²) in [6, 6.07) is 0. The molecule has 0 bridgehead atoms. The van der Waals surface area contributed by atoms with Crippen LogP contribution in [0, 0.1) is 6.92 Å². The summed E-state index contributed by atoms with van der Waals surface area (Å²) in [6.07, 6.45) is 5.41. The second kappa shape index (κ2) is 4.99. The van der Waals surface area contributed by atoms with Crippen molar-refractivity contribution in [3.05, 3.63) is 23.0 Å². The van der Waals surface area contributed by atoms with Crippen LogP contribution in [0.4, 0.5) is 0 Å². The van der Waals surface area contributed by atoms with Crippen molar-refractivity contribution in [2.75, 3.05) is 0 Å². The Kier molecular flexibility index (Phi) is 3.93. The summed E-state index contributed by atoms with van der Waals surface area (Å²) in [5.74, 6) is 0. The van der Waals surface area contributed by atoms with E-state index in [1.165, 1.54) is 28.8 Å². The Balaban J connectivity index is 3.06. The molecule has 0 spiro atoms. The van der Waals surface area contributed by atoms with Crippen LogP contribution in [-0.2, 0) is 0 Å². The van der Waals surface area contributed by atoms with Crippen LogP contribution >= 0.6 is 0 Å². The molecule has 0 aliphatic carbocycles. The molecule has 0 amide bonds. The van der Waals surface area contributed by atoms with Crippen LogP contribution in [-0.4, -0.2) is 10.2 Å². The normalized spacial score (nSPS) is 12.9. The zero-order valence-corrected chi connectivity index (χ0v) is 9.65. The van der Waals surface area contributed by atoms with E-state index in [0.29, 0.717) is 0 Å². The summed E-state index contributed by atoms with van der Waals surface area (Å²) < 4.78 is 0. The van der Waals surface area contributed by atoms with Crippen LogP contribution in [0.1, 0.15) is 51.3 Å². The SMILES string of the molecule is CCC/C(=C(/C)CC)c1cn[nH]c1C. The van der Waals surface area contributed by atoms with Gasteiger partial charge in [-0.25, -0.2) is 0 Å². The molecule has 0 unspecified atom stereocenters. The highest BCUT2D eigenvalue weighted by Crippen LogP contribution is 2.26. The maximum atomic E-state index is 4.08. The van der Waals surface area contributed by atoms with Crippen molar-refractivity contribution in [2.24, 2.45) is 0 Å². The fourth-order valence-electron chi connectivity index (χ4n) is 1.70. The zero-order chi connectivity index (χ0) is 10.6. The van der Waals surface area contributed by atoms with Gasteiger partial charge in [-0.15, -0.1) is 0 Å². The molecule has 1 aromatic rings. The van der Waals surface area contributed by atoms with E-state index in [4.69, 9.17) is 0 Å². The Morgan fingerprint density at radius 1 is 1.43 bits per heavy atom. The second-order valence-electron chi connectivity index (χ2n) is 3.77. The lowest BCUT2D eigenvalue weighted by Gasteiger charge is -2.09. The minimum atomic E-state index is 1.12. The number of H-pyrrole nitrogens is 1. The van der Waals surface area contributed by atoms with Crippen LogP contribution in [0.3, 0.4) is 0 Å². The van der Waals surface area contributed by atoms with Crippen LogP contribution in [0.2, 0.25) is 0 Å². The highest BCUT2D eigenvalue weighted by atomic mass is 15.1. The van der Waals surface area contributed by atoms with Gasteiger partial charge in [-0.2, -0.15) is 5.10 Å². The number of aromatic amines is 1. The fourth-order valence-corrected chi connectivity index (χ4v) is 1.70. The molecule has 0 aromatic carbocycles. The summed E-state index contributed by atoms with van der Waals surface area (Å²) in [6.45, 7) is 8.73. The molecular weight excluding hydrogens is 172 g/mol. The van der Waals surface area contributed by atoms with Crippen LogP contribution < -0.4 is 0 Å². The van der Waals surface area contributed by atoms with Crippen molar-refractivity contribution in [3.63, 3.8) is 0 Å². The molecule has 0 atom stereocenters. The van der Waals surface area contributed by atoms with E-state index >= 15 is 0 Å². The van der Waals surface area contributed by atoms with Crippen molar-refractivity contribution < 1.29 is 0 Å². The van der Waals surface area contributed by atoms with Gasteiger partial charge in [0.1, 0.15) is 0 Å². The van der Waals surface area contributed by atoms with Crippen molar-refractivity contribution in [1.82, 2.24) is 10.2 Å². The van der Waals surface area contributed by atoms with Gasteiger partial charge >= 0.3 is 0 Å². The van der Waals surface area contributed by atoms with E-state index in [-0.39, 0.29) is 0 Å². The van der Waals surface area contributed by atoms with Gasteiger partial charge < -0.3 is 0 Å². The summed E-state index contributed by atoms with van der Waals surface area (Å²) in [7, 11) is 0. The average Bonchev–Trinajstić information content (AvgIpc) is 2.60. The number of aromatic nitrogens is 2. The van der Waals surface area contributed by atoms with Crippen LogP contribution in [0.25, 0.3) is 5.57 Å². The van der Waals surface area contributed by atoms with E-state index in [0.717, 1.165) is 12.8 Å². The molecule has 2 heteroatoms. The van der Waals surface area contributed by atoms with E-state index < -0.39 is 0 Å². The largest absolute Gasteiger partial charge is 0.282 e. The molecule has 1 N–H and O–H groups in total. The first-order valence-corrected chi connectivity index (χ1v) is 5.39. The average molecular weight is 192 g/mol. The first-order valence-electron chi connectivity index (χ1n) is 5.39. The van der Waals surface area contributed by atoms with Gasteiger partial charge in [-0.1, -0.05) is 25.8 Å². The number of rotatable bonds is 4. The topological polar surface area (TPSA) is 28.7 Å². The lowest BCUT2D eigenvalue weighted by atomic mass is 9.96. The quantitative estimate of drug-likeness (QED) is 0.774. The lowest BCUT2D eigenvalue weighted by molar-refractivity contribution is 0.949. The Bertz CT molecular complexity index is 321. The first-order chi connectivity index (χ1) is 6.70. The molecule has 0 radical (unpaired) electrons. The van der Waals surface area contributed by atoms with Gasteiger partial charge in [-0.05, 0) is 32.3 Å². The predicted octanol–water partition coefficient (Wildman–Crippen LogP) is 3.70. The van der Waals surface area contributed by atoms with Crippen molar-refractivity contribution in [2.45, 2.75) is 47.0 Å². The molecule has 0 saturated carbocycles. The van der Waals surface area contributed by atoms with Crippen molar-refractivity contribution >= 4 is 5.57 Å². The van der Waals surface area contributed by atoms with Crippen LogP contribution in [0.15, 0.2) is 11.8 Å². The zero-order valence-electron chi connectivity index (χ0n) is 9.65. The Morgan fingerprint density at radius 2 is 2.14 bits per heavy atom. The molecule has 1 heterocycles. The van der Waals surface area contributed by atoms with Crippen molar-refractivity contribution in [3.8, 4) is 0 Å². The van der Waals surface area contributed by atoms with E-state index in [1.54, 1.807) is 0 Å². The van der Waals surface area contributed by atoms with Gasteiger partial charge in [0.2, 0.25) is 0 Å². The van der Waals surface area contributed by atoms with E-state index in [9.17, 15) is 0 Å². The van der Waals surface area contributed by atoms with E-state index in [2.05, 4.69) is 37.9 Å². The number of nitrogens with zero attached hydrogens (tertiary/aromatic N) is 1. The molecule has 0 aliphatic rings. The number of allylic oxidation sites excluding steroid dienone is 2. The number of hydrogen-bond acceptors (Lipinski definition) is 1. The van der Waals surface area contributed by atoms with Gasteiger partial charge in [0.15, 0.2) is 0 Å². The monoisotopic (exact) mass is 192 g/mol. The summed E-state index contributed by atoms with van der Waals surface area (Å²) >= 11 is 0. The molecular formula is C12H20N2. The smallest absolute Gasteiger partial charge is 0.0565 e. The Hall–Kier alpha value is -1.05. The number of nitrogens with one attached hydrogen (secondary N) is 1.